The number of anilines is 1. The van der Waals surface area contributed by atoms with Crippen LogP contribution in [0.3, 0.4) is 0 Å². The lowest BCUT2D eigenvalue weighted by atomic mass is 10.2. The van der Waals surface area contributed by atoms with Crippen molar-refractivity contribution in [3.8, 4) is 5.69 Å². The van der Waals surface area contributed by atoms with Crippen molar-refractivity contribution in [2.24, 2.45) is 7.05 Å². The van der Waals surface area contributed by atoms with E-state index in [0.717, 1.165) is 30.8 Å². The quantitative estimate of drug-likeness (QED) is 0.894. The SMILES string of the molecule is Cc1c(NC(=O)[C@@H]2CCCN2)c(=O)n(-c2ccccc2)n1C.Cl. The zero-order valence-corrected chi connectivity index (χ0v) is 14.0. The number of para-hydroxylation sites is 1. The summed E-state index contributed by atoms with van der Waals surface area (Å²) in [6.07, 6.45) is 1.80. The number of aromatic nitrogens is 2. The average Bonchev–Trinajstić information content (AvgIpc) is 3.13. The van der Waals surface area contributed by atoms with Crippen LogP contribution in [0.4, 0.5) is 5.69 Å². The Morgan fingerprint density at radius 1 is 1.30 bits per heavy atom. The highest BCUT2D eigenvalue weighted by molar-refractivity contribution is 5.95. The number of benzene rings is 1. The van der Waals surface area contributed by atoms with Gasteiger partial charge in [0.05, 0.1) is 17.4 Å². The highest BCUT2D eigenvalue weighted by Crippen LogP contribution is 2.15. The molecule has 2 heterocycles. The maximum absolute atomic E-state index is 12.7. The molecule has 1 saturated heterocycles. The summed E-state index contributed by atoms with van der Waals surface area (Å²) >= 11 is 0. The Bertz CT molecular complexity index is 745. The van der Waals surface area contributed by atoms with Gasteiger partial charge in [-0.05, 0) is 38.4 Å². The highest BCUT2D eigenvalue weighted by atomic mass is 35.5. The van der Waals surface area contributed by atoms with Crippen LogP contribution in [0.5, 0.6) is 0 Å². The molecule has 1 aromatic carbocycles. The van der Waals surface area contributed by atoms with Gasteiger partial charge in [0, 0.05) is 7.05 Å². The van der Waals surface area contributed by atoms with Crippen LogP contribution in [0.25, 0.3) is 5.69 Å². The summed E-state index contributed by atoms with van der Waals surface area (Å²) in [7, 11) is 1.81. The second kappa shape index (κ2) is 7.02. The molecule has 0 saturated carbocycles. The van der Waals surface area contributed by atoms with E-state index in [2.05, 4.69) is 10.6 Å². The summed E-state index contributed by atoms with van der Waals surface area (Å²) in [4.78, 5) is 24.9. The number of amides is 1. The molecule has 7 heteroatoms. The number of hydrogen-bond acceptors (Lipinski definition) is 3. The van der Waals surface area contributed by atoms with Gasteiger partial charge in [-0.25, -0.2) is 4.68 Å². The summed E-state index contributed by atoms with van der Waals surface area (Å²) < 4.78 is 3.32. The second-order valence-corrected chi connectivity index (χ2v) is 5.57. The third-order valence-corrected chi connectivity index (χ3v) is 4.18. The van der Waals surface area contributed by atoms with Crippen LogP contribution in [-0.2, 0) is 11.8 Å². The maximum Gasteiger partial charge on any atom is 0.295 e. The van der Waals surface area contributed by atoms with E-state index in [9.17, 15) is 9.59 Å². The predicted molar refractivity (Wildman–Crippen MR) is 92.6 cm³/mol. The van der Waals surface area contributed by atoms with E-state index in [1.165, 1.54) is 0 Å². The number of hydrogen-bond donors (Lipinski definition) is 2. The first kappa shape index (κ1) is 17.3. The Hall–Kier alpha value is -2.05. The number of nitrogens with zero attached hydrogens (tertiary/aromatic N) is 2. The monoisotopic (exact) mass is 336 g/mol. The summed E-state index contributed by atoms with van der Waals surface area (Å²) in [5.41, 5.74) is 1.65. The van der Waals surface area contributed by atoms with Crippen molar-refractivity contribution in [2.45, 2.75) is 25.8 Å². The van der Waals surface area contributed by atoms with Crippen LogP contribution < -0.4 is 16.2 Å². The van der Waals surface area contributed by atoms with Gasteiger partial charge in [-0.3, -0.25) is 14.3 Å². The van der Waals surface area contributed by atoms with Crippen LogP contribution in [0.1, 0.15) is 18.5 Å². The van der Waals surface area contributed by atoms with Gasteiger partial charge in [-0.1, -0.05) is 18.2 Å². The van der Waals surface area contributed by atoms with E-state index in [0.29, 0.717) is 5.69 Å². The molecule has 1 atom stereocenters. The van der Waals surface area contributed by atoms with Gasteiger partial charge < -0.3 is 10.6 Å². The van der Waals surface area contributed by atoms with Crippen LogP contribution in [0, 0.1) is 6.92 Å². The van der Waals surface area contributed by atoms with Crippen molar-refractivity contribution in [2.75, 3.05) is 11.9 Å². The molecule has 1 aromatic heterocycles. The normalized spacial score (nSPS) is 16.9. The van der Waals surface area contributed by atoms with Crippen LogP contribution in [0.2, 0.25) is 0 Å². The molecule has 3 rings (SSSR count). The number of halogens is 1. The van der Waals surface area contributed by atoms with Crippen LogP contribution >= 0.6 is 12.4 Å². The molecular weight excluding hydrogens is 316 g/mol. The molecule has 1 fully saturated rings. The van der Waals surface area contributed by atoms with E-state index in [-0.39, 0.29) is 29.9 Å². The molecule has 0 bridgehead atoms. The summed E-state index contributed by atoms with van der Waals surface area (Å²) in [6.45, 7) is 2.68. The molecule has 1 amide bonds. The molecule has 0 aliphatic carbocycles. The Kier molecular flexibility index (Phi) is 5.28. The Balaban J connectivity index is 0.00000192. The number of carbonyl (C=O) groups is 1. The summed E-state index contributed by atoms with van der Waals surface area (Å²) in [5, 5.41) is 5.94. The van der Waals surface area contributed by atoms with E-state index >= 15 is 0 Å². The lowest BCUT2D eigenvalue weighted by molar-refractivity contribution is -0.117. The third-order valence-electron chi connectivity index (χ3n) is 4.18. The first-order chi connectivity index (χ1) is 10.6. The number of nitrogens with one attached hydrogen (secondary N) is 2. The number of rotatable bonds is 3. The lowest BCUT2D eigenvalue weighted by Gasteiger charge is -2.09. The average molecular weight is 337 g/mol. The molecule has 2 aromatic rings. The van der Waals surface area contributed by atoms with Gasteiger partial charge in [0.2, 0.25) is 5.91 Å². The predicted octanol–water partition coefficient (Wildman–Crippen LogP) is 1.60. The fraction of sp³-hybridized carbons (Fsp3) is 0.375. The molecule has 0 spiro atoms. The minimum absolute atomic E-state index is 0. The topological polar surface area (TPSA) is 68.1 Å². The standard InChI is InChI=1S/C16H20N4O2.ClH/c1-11-14(18-15(21)13-9-6-10-17-13)16(22)20(19(11)2)12-7-4-3-5-8-12;/h3-5,7-8,13,17H,6,9-10H2,1-2H3,(H,18,21);1H/t13-;/m0./s1. The van der Waals surface area contributed by atoms with Crippen molar-refractivity contribution in [1.29, 1.82) is 0 Å². The molecule has 0 unspecified atom stereocenters. The molecule has 0 radical (unpaired) electrons. The zero-order valence-electron chi connectivity index (χ0n) is 13.2. The van der Waals surface area contributed by atoms with Crippen molar-refractivity contribution in [3.63, 3.8) is 0 Å². The first-order valence-corrected chi connectivity index (χ1v) is 7.48. The van der Waals surface area contributed by atoms with E-state index in [1.807, 2.05) is 44.3 Å². The number of carbonyl (C=O) groups excluding carboxylic acids is 1. The van der Waals surface area contributed by atoms with Crippen molar-refractivity contribution in [1.82, 2.24) is 14.7 Å². The summed E-state index contributed by atoms with van der Waals surface area (Å²) in [5.74, 6) is -0.136. The first-order valence-electron chi connectivity index (χ1n) is 7.48. The van der Waals surface area contributed by atoms with Gasteiger partial charge in [0.25, 0.3) is 5.56 Å². The molecule has 1 aliphatic rings. The lowest BCUT2D eigenvalue weighted by Crippen LogP contribution is -2.36. The van der Waals surface area contributed by atoms with Crippen molar-refractivity contribution >= 4 is 24.0 Å². The minimum Gasteiger partial charge on any atom is -0.319 e. The highest BCUT2D eigenvalue weighted by Gasteiger charge is 2.25. The fourth-order valence-electron chi connectivity index (χ4n) is 2.83. The summed E-state index contributed by atoms with van der Waals surface area (Å²) in [6, 6.07) is 9.19. The molecule has 23 heavy (non-hydrogen) atoms. The fourth-order valence-corrected chi connectivity index (χ4v) is 2.83. The van der Waals surface area contributed by atoms with Gasteiger partial charge in [-0.2, -0.15) is 0 Å². The molecule has 2 N–H and O–H groups in total. The second-order valence-electron chi connectivity index (χ2n) is 5.57. The van der Waals surface area contributed by atoms with Gasteiger partial charge in [-0.15, -0.1) is 12.4 Å². The van der Waals surface area contributed by atoms with E-state index in [4.69, 9.17) is 0 Å². The minimum atomic E-state index is -0.211. The zero-order chi connectivity index (χ0) is 15.7. The maximum atomic E-state index is 12.7. The molecule has 124 valence electrons. The van der Waals surface area contributed by atoms with Crippen molar-refractivity contribution < 1.29 is 4.79 Å². The van der Waals surface area contributed by atoms with Crippen LogP contribution in [-0.4, -0.2) is 27.9 Å². The Labute approximate surface area is 140 Å². The Morgan fingerprint density at radius 3 is 2.61 bits per heavy atom. The van der Waals surface area contributed by atoms with Gasteiger partial charge in [0.15, 0.2) is 0 Å². The largest absolute Gasteiger partial charge is 0.319 e. The van der Waals surface area contributed by atoms with E-state index in [1.54, 1.807) is 9.36 Å². The molecular formula is C16H21ClN4O2. The Morgan fingerprint density at radius 2 is 2.00 bits per heavy atom. The third kappa shape index (κ3) is 3.18. The van der Waals surface area contributed by atoms with Crippen molar-refractivity contribution in [3.05, 3.63) is 46.4 Å². The smallest absolute Gasteiger partial charge is 0.295 e. The van der Waals surface area contributed by atoms with Gasteiger partial charge in [0.1, 0.15) is 5.69 Å². The molecule has 1 aliphatic heterocycles. The van der Waals surface area contributed by atoms with E-state index < -0.39 is 0 Å². The molecule has 6 nitrogen and oxygen atoms in total. The van der Waals surface area contributed by atoms with Crippen LogP contribution in [0.15, 0.2) is 35.1 Å². The van der Waals surface area contributed by atoms with Gasteiger partial charge >= 0.3 is 0 Å².